The molecule has 0 heterocycles. The molecule has 618 valence electrons. The lowest BCUT2D eigenvalue weighted by molar-refractivity contribution is -0.161. The minimum atomic E-state index is -4.97. The van der Waals surface area contributed by atoms with Crippen molar-refractivity contribution in [2.24, 2.45) is 17.8 Å². The molecule has 19 heteroatoms. The first-order chi connectivity index (χ1) is 50.3. The average Bonchev–Trinajstić information content (AvgIpc) is 0.911. The molecule has 0 aliphatic heterocycles. The van der Waals surface area contributed by atoms with Crippen LogP contribution in [0.1, 0.15) is 447 Å². The van der Waals surface area contributed by atoms with Gasteiger partial charge in [0.05, 0.1) is 26.4 Å². The van der Waals surface area contributed by atoms with Crippen molar-refractivity contribution in [1.82, 2.24) is 0 Å². The lowest BCUT2D eigenvalue weighted by atomic mass is 9.99. The Kier molecular flexibility index (Phi) is 73.7. The standard InChI is InChI=1S/C85H166O17P2/c1-8-10-11-12-13-14-15-16-17-18-19-20-21-22-26-29-32-35-38-44-52-59-66-82(87)95-72-80(101-84(89)68-61-54-45-39-36-33-30-27-24-23-25-28-31-34-37-43-51-58-65-78(7)9-2)74-99-103(91,92)97-70-79(86)71-98-104(93,94)100-75-81(73-96-83(88)67-60-53-48-47-50-57-64-77(5)6)102-85(90)69-62-55-46-41-40-42-49-56-63-76(3)4/h76-81,86H,8-75H2,1-7H3,(H,91,92)(H,93,94)/t78?,79-,80-,81-/m1/s1. The maximum Gasteiger partial charge on any atom is 0.472 e. The van der Waals surface area contributed by atoms with Gasteiger partial charge in [0, 0.05) is 25.7 Å². The van der Waals surface area contributed by atoms with Crippen LogP contribution in [0.25, 0.3) is 0 Å². The first kappa shape index (κ1) is 102. The van der Waals surface area contributed by atoms with Crippen LogP contribution in [0.5, 0.6) is 0 Å². The van der Waals surface area contributed by atoms with Crippen molar-refractivity contribution >= 4 is 39.5 Å². The third-order valence-corrected chi connectivity index (χ3v) is 22.1. The minimum Gasteiger partial charge on any atom is -0.462 e. The maximum absolute atomic E-state index is 13.1. The second-order valence-corrected chi connectivity index (χ2v) is 34.7. The Bertz CT molecular complexity index is 2010. The Balaban J connectivity index is 5.16. The van der Waals surface area contributed by atoms with E-state index in [1.165, 1.54) is 250 Å². The lowest BCUT2D eigenvalue weighted by Crippen LogP contribution is -2.30. The number of unbranched alkanes of at least 4 members (excludes halogenated alkanes) is 50. The molecule has 0 radical (unpaired) electrons. The van der Waals surface area contributed by atoms with E-state index in [9.17, 15) is 43.2 Å². The highest BCUT2D eigenvalue weighted by Gasteiger charge is 2.30. The number of rotatable bonds is 83. The van der Waals surface area contributed by atoms with Crippen LogP contribution in [0.4, 0.5) is 0 Å². The van der Waals surface area contributed by atoms with Crippen LogP contribution >= 0.6 is 15.6 Å². The summed E-state index contributed by atoms with van der Waals surface area (Å²) in [5, 5.41) is 10.6. The van der Waals surface area contributed by atoms with Crippen molar-refractivity contribution < 1.29 is 80.2 Å². The van der Waals surface area contributed by atoms with Crippen molar-refractivity contribution in [3.63, 3.8) is 0 Å². The zero-order valence-corrected chi connectivity index (χ0v) is 70.3. The molecule has 3 unspecified atom stereocenters. The van der Waals surface area contributed by atoms with Crippen LogP contribution in [-0.4, -0.2) is 96.7 Å². The minimum absolute atomic E-state index is 0.104. The number of esters is 4. The second-order valence-electron chi connectivity index (χ2n) is 31.8. The first-order valence-corrected chi connectivity index (χ1v) is 46.9. The van der Waals surface area contributed by atoms with E-state index in [1.807, 2.05) is 0 Å². The number of aliphatic hydroxyl groups excluding tert-OH is 1. The summed E-state index contributed by atoms with van der Waals surface area (Å²) in [6.45, 7) is 11.9. The molecule has 0 spiro atoms. The molecule has 0 saturated carbocycles. The molecule has 0 saturated heterocycles. The number of phosphoric ester groups is 2. The number of hydrogen-bond acceptors (Lipinski definition) is 15. The molecule has 0 fully saturated rings. The molecule has 3 N–H and O–H groups in total. The Labute approximate surface area is 638 Å². The smallest absolute Gasteiger partial charge is 0.462 e. The van der Waals surface area contributed by atoms with Crippen LogP contribution in [0, 0.1) is 17.8 Å². The van der Waals surface area contributed by atoms with E-state index in [0.29, 0.717) is 31.6 Å². The number of carbonyl (C=O) groups excluding carboxylic acids is 4. The van der Waals surface area contributed by atoms with Crippen molar-refractivity contribution in [2.45, 2.75) is 465 Å². The Hall–Kier alpha value is -1.94. The summed E-state index contributed by atoms with van der Waals surface area (Å²) in [6.07, 6.45) is 65.8. The molecular formula is C85H166O17P2. The molecular weight excluding hydrogens is 1350 g/mol. The number of phosphoric acid groups is 2. The summed E-state index contributed by atoms with van der Waals surface area (Å²) in [5.74, 6) is 0.155. The van der Waals surface area contributed by atoms with Gasteiger partial charge < -0.3 is 33.8 Å². The summed E-state index contributed by atoms with van der Waals surface area (Å²) in [7, 11) is -9.92. The number of hydrogen-bond donors (Lipinski definition) is 3. The Morgan fingerprint density at radius 1 is 0.279 bits per heavy atom. The highest BCUT2D eigenvalue weighted by Crippen LogP contribution is 2.45. The Morgan fingerprint density at radius 2 is 0.490 bits per heavy atom. The van der Waals surface area contributed by atoms with Crippen LogP contribution in [0.3, 0.4) is 0 Å². The van der Waals surface area contributed by atoms with Crippen molar-refractivity contribution in [2.75, 3.05) is 39.6 Å². The molecule has 6 atom stereocenters. The van der Waals surface area contributed by atoms with E-state index >= 15 is 0 Å². The van der Waals surface area contributed by atoms with Crippen molar-refractivity contribution in [3.8, 4) is 0 Å². The van der Waals surface area contributed by atoms with E-state index in [2.05, 4.69) is 48.5 Å². The monoisotopic (exact) mass is 1520 g/mol. The van der Waals surface area contributed by atoms with Gasteiger partial charge in [-0.25, -0.2) is 9.13 Å². The van der Waals surface area contributed by atoms with Gasteiger partial charge in [-0.2, -0.15) is 0 Å². The van der Waals surface area contributed by atoms with Gasteiger partial charge in [-0.05, 0) is 43.4 Å². The van der Waals surface area contributed by atoms with Gasteiger partial charge in [-0.3, -0.25) is 37.3 Å². The molecule has 0 bridgehead atoms. The third kappa shape index (κ3) is 76.8. The van der Waals surface area contributed by atoms with E-state index in [-0.39, 0.29) is 25.7 Å². The fourth-order valence-corrected chi connectivity index (χ4v) is 14.7. The molecule has 0 aliphatic carbocycles. The summed E-state index contributed by atoms with van der Waals surface area (Å²) >= 11 is 0. The van der Waals surface area contributed by atoms with Crippen LogP contribution in [0.15, 0.2) is 0 Å². The lowest BCUT2D eigenvalue weighted by Gasteiger charge is -2.21. The zero-order valence-electron chi connectivity index (χ0n) is 68.5. The van der Waals surface area contributed by atoms with Gasteiger partial charge in [0.2, 0.25) is 0 Å². The highest BCUT2D eigenvalue weighted by atomic mass is 31.2. The number of carbonyl (C=O) groups is 4. The Morgan fingerprint density at radius 3 is 0.731 bits per heavy atom. The van der Waals surface area contributed by atoms with Gasteiger partial charge in [0.25, 0.3) is 0 Å². The average molecular weight is 1520 g/mol. The summed E-state index contributed by atoms with van der Waals surface area (Å²) in [4.78, 5) is 73.0. The van der Waals surface area contributed by atoms with Crippen LogP contribution in [0.2, 0.25) is 0 Å². The number of aliphatic hydroxyl groups is 1. The fourth-order valence-electron chi connectivity index (χ4n) is 13.2. The highest BCUT2D eigenvalue weighted by molar-refractivity contribution is 7.47. The molecule has 104 heavy (non-hydrogen) atoms. The van der Waals surface area contributed by atoms with Gasteiger partial charge in [-0.15, -0.1) is 0 Å². The predicted molar refractivity (Wildman–Crippen MR) is 428 cm³/mol. The summed E-state index contributed by atoms with van der Waals surface area (Å²) in [5.41, 5.74) is 0. The molecule has 0 amide bonds. The van der Waals surface area contributed by atoms with E-state index in [1.54, 1.807) is 0 Å². The molecule has 0 rings (SSSR count). The maximum atomic E-state index is 13.1. The molecule has 0 aromatic carbocycles. The molecule has 0 aromatic rings. The van der Waals surface area contributed by atoms with Gasteiger partial charge in [0.15, 0.2) is 12.2 Å². The van der Waals surface area contributed by atoms with Crippen LogP contribution < -0.4 is 0 Å². The second kappa shape index (κ2) is 75.1. The van der Waals surface area contributed by atoms with Crippen molar-refractivity contribution in [1.29, 1.82) is 0 Å². The normalized spacial score (nSPS) is 14.2. The largest absolute Gasteiger partial charge is 0.472 e. The third-order valence-electron chi connectivity index (χ3n) is 20.2. The van der Waals surface area contributed by atoms with E-state index < -0.39 is 97.5 Å². The van der Waals surface area contributed by atoms with Gasteiger partial charge in [0.1, 0.15) is 19.3 Å². The summed E-state index contributed by atoms with van der Waals surface area (Å²) < 4.78 is 68.7. The van der Waals surface area contributed by atoms with E-state index in [0.717, 1.165) is 108 Å². The molecule has 0 aromatic heterocycles. The van der Waals surface area contributed by atoms with E-state index in [4.69, 9.17) is 37.0 Å². The zero-order chi connectivity index (χ0) is 76.5. The molecule has 17 nitrogen and oxygen atoms in total. The predicted octanol–water partition coefficient (Wildman–Crippen LogP) is 25.7. The van der Waals surface area contributed by atoms with Gasteiger partial charge in [-0.1, -0.05) is 395 Å². The quantitative estimate of drug-likeness (QED) is 0.0222. The first-order valence-electron chi connectivity index (χ1n) is 43.9. The van der Waals surface area contributed by atoms with Crippen LogP contribution in [-0.2, 0) is 65.4 Å². The van der Waals surface area contributed by atoms with Crippen molar-refractivity contribution in [3.05, 3.63) is 0 Å². The van der Waals surface area contributed by atoms with Gasteiger partial charge >= 0.3 is 39.5 Å². The summed E-state index contributed by atoms with van der Waals surface area (Å²) in [6, 6.07) is 0. The topological polar surface area (TPSA) is 237 Å². The fraction of sp³-hybridized carbons (Fsp3) is 0.953. The molecule has 0 aliphatic rings. The SMILES string of the molecule is CCCCCCCCCCCCCCCCCCCCCCCCC(=O)OC[C@H](COP(=O)(O)OC[C@@H](O)COP(=O)(O)OC[C@@H](COC(=O)CCCCCCCCC(C)C)OC(=O)CCCCCCCCCCC(C)C)OC(=O)CCCCCCCCCCCCCCCCCCCCC(C)CC. The number of ether oxygens (including phenoxy) is 4.